The lowest BCUT2D eigenvalue weighted by molar-refractivity contribution is 0.365. The van der Waals surface area contributed by atoms with Crippen LogP contribution in [-0.4, -0.2) is 16.9 Å². The van der Waals surface area contributed by atoms with Crippen LogP contribution in [0.3, 0.4) is 0 Å². The van der Waals surface area contributed by atoms with E-state index in [0.29, 0.717) is 22.9 Å². The van der Waals surface area contributed by atoms with Crippen LogP contribution < -0.4 is 15.2 Å². The first kappa shape index (κ1) is 17.6. The standard InChI is InChI=1S/C21H17FN4O2/c1-12-18-19(15-10-14(27-2)8-9-17(15)22)16(11-23)20(24)28-21(18)26(25-12)13-6-4-3-5-7-13/h3-10,19H,24H2,1-2H3/t19-/m0/s1. The Morgan fingerprint density at radius 2 is 2.00 bits per heavy atom. The van der Waals surface area contributed by atoms with Gasteiger partial charge in [0.25, 0.3) is 0 Å². The molecule has 2 aromatic carbocycles. The summed E-state index contributed by atoms with van der Waals surface area (Å²) in [6.45, 7) is 1.79. The van der Waals surface area contributed by atoms with Gasteiger partial charge in [-0.15, -0.1) is 0 Å². The highest BCUT2D eigenvalue weighted by atomic mass is 19.1. The molecule has 4 rings (SSSR count). The number of halogens is 1. The second-order valence-corrected chi connectivity index (χ2v) is 6.36. The number of aryl methyl sites for hydroxylation is 1. The van der Waals surface area contributed by atoms with E-state index in [1.54, 1.807) is 17.7 Å². The predicted octanol–water partition coefficient (Wildman–Crippen LogP) is 3.55. The largest absolute Gasteiger partial charge is 0.497 e. The summed E-state index contributed by atoms with van der Waals surface area (Å²) in [6, 6.07) is 15.9. The van der Waals surface area contributed by atoms with Gasteiger partial charge in [-0.05, 0) is 37.3 Å². The van der Waals surface area contributed by atoms with Crippen LogP contribution in [0.4, 0.5) is 4.39 Å². The second kappa shape index (κ2) is 6.74. The van der Waals surface area contributed by atoms with Crippen molar-refractivity contribution in [2.75, 3.05) is 7.11 Å². The van der Waals surface area contributed by atoms with Crippen molar-refractivity contribution in [3.8, 4) is 23.4 Å². The lowest BCUT2D eigenvalue weighted by atomic mass is 9.84. The molecule has 0 unspecified atom stereocenters. The second-order valence-electron chi connectivity index (χ2n) is 6.36. The molecule has 1 aromatic heterocycles. The zero-order valence-electron chi connectivity index (χ0n) is 15.3. The molecule has 0 saturated heterocycles. The maximum atomic E-state index is 14.8. The van der Waals surface area contributed by atoms with Crippen LogP contribution in [0.1, 0.15) is 22.7 Å². The molecular formula is C21H17FN4O2. The topological polar surface area (TPSA) is 86.1 Å². The third-order valence-corrected chi connectivity index (χ3v) is 4.75. The number of methoxy groups -OCH3 is 1. The van der Waals surface area contributed by atoms with E-state index in [1.165, 1.54) is 19.2 Å². The van der Waals surface area contributed by atoms with Crippen LogP contribution in [0.25, 0.3) is 5.69 Å². The van der Waals surface area contributed by atoms with Gasteiger partial charge in [0.05, 0.1) is 30.0 Å². The maximum absolute atomic E-state index is 14.8. The smallest absolute Gasteiger partial charge is 0.229 e. The van der Waals surface area contributed by atoms with Crippen molar-refractivity contribution in [3.63, 3.8) is 0 Å². The average molecular weight is 376 g/mol. The highest BCUT2D eigenvalue weighted by molar-refractivity contribution is 5.58. The summed E-state index contributed by atoms with van der Waals surface area (Å²) in [5.74, 6) is -0.437. The van der Waals surface area contributed by atoms with Gasteiger partial charge in [-0.25, -0.2) is 9.07 Å². The fourth-order valence-corrected chi connectivity index (χ4v) is 3.44. The van der Waals surface area contributed by atoms with Crippen molar-refractivity contribution >= 4 is 0 Å². The quantitative estimate of drug-likeness (QED) is 0.755. The molecule has 2 heterocycles. The Morgan fingerprint density at radius 1 is 1.25 bits per heavy atom. The highest BCUT2D eigenvalue weighted by Crippen LogP contribution is 2.45. The molecule has 0 amide bonds. The molecule has 1 aliphatic heterocycles. The third kappa shape index (κ3) is 2.67. The maximum Gasteiger partial charge on any atom is 0.229 e. The molecule has 0 aliphatic carbocycles. The Balaban J connectivity index is 1.99. The number of fused-ring (bicyclic) bond motifs is 1. The van der Waals surface area contributed by atoms with Gasteiger partial charge in [0, 0.05) is 5.56 Å². The van der Waals surface area contributed by atoms with Crippen molar-refractivity contribution in [2.24, 2.45) is 5.73 Å². The Morgan fingerprint density at radius 3 is 2.68 bits per heavy atom. The monoisotopic (exact) mass is 376 g/mol. The van der Waals surface area contributed by atoms with Crippen LogP contribution in [0.2, 0.25) is 0 Å². The molecule has 1 aliphatic rings. The van der Waals surface area contributed by atoms with Crippen molar-refractivity contribution in [1.82, 2.24) is 9.78 Å². The number of ether oxygens (including phenoxy) is 2. The molecule has 0 saturated carbocycles. The number of allylic oxidation sites excluding steroid dienone is 1. The van der Waals surface area contributed by atoms with Crippen molar-refractivity contribution in [3.05, 3.63) is 82.6 Å². The molecule has 7 heteroatoms. The van der Waals surface area contributed by atoms with E-state index < -0.39 is 11.7 Å². The Kier molecular flexibility index (Phi) is 4.24. The fraction of sp³-hybridized carbons (Fsp3) is 0.143. The van der Waals surface area contributed by atoms with Crippen LogP contribution in [0.5, 0.6) is 11.6 Å². The van der Waals surface area contributed by atoms with Gasteiger partial charge in [-0.2, -0.15) is 10.4 Å². The zero-order valence-corrected chi connectivity index (χ0v) is 15.3. The fourth-order valence-electron chi connectivity index (χ4n) is 3.44. The molecule has 28 heavy (non-hydrogen) atoms. The summed E-state index contributed by atoms with van der Waals surface area (Å²) in [5, 5.41) is 14.3. The van der Waals surface area contributed by atoms with Gasteiger partial charge in [-0.1, -0.05) is 18.2 Å². The molecule has 1 atom stereocenters. The van der Waals surface area contributed by atoms with E-state index in [9.17, 15) is 9.65 Å². The molecule has 0 bridgehead atoms. The molecule has 3 aromatic rings. The van der Waals surface area contributed by atoms with Crippen LogP contribution >= 0.6 is 0 Å². The van der Waals surface area contributed by atoms with Crippen molar-refractivity contribution < 1.29 is 13.9 Å². The number of hydrogen-bond acceptors (Lipinski definition) is 5. The lowest BCUT2D eigenvalue weighted by Gasteiger charge is -2.25. The Labute approximate surface area is 161 Å². The Hall–Kier alpha value is -3.79. The molecule has 0 spiro atoms. The van der Waals surface area contributed by atoms with Gasteiger partial charge < -0.3 is 15.2 Å². The van der Waals surface area contributed by atoms with Crippen LogP contribution in [0, 0.1) is 24.1 Å². The minimum Gasteiger partial charge on any atom is -0.497 e. The number of hydrogen-bond donors (Lipinski definition) is 1. The van der Waals surface area contributed by atoms with E-state index in [-0.39, 0.29) is 17.0 Å². The molecule has 0 fully saturated rings. The predicted molar refractivity (Wildman–Crippen MR) is 101 cm³/mol. The van der Waals surface area contributed by atoms with E-state index in [4.69, 9.17) is 15.2 Å². The molecular weight excluding hydrogens is 359 g/mol. The minimum atomic E-state index is -0.749. The first-order chi connectivity index (χ1) is 13.5. The number of nitrogens with zero attached hydrogens (tertiary/aromatic N) is 3. The van der Waals surface area contributed by atoms with Crippen LogP contribution in [0.15, 0.2) is 60.0 Å². The lowest BCUT2D eigenvalue weighted by Crippen LogP contribution is -2.22. The summed E-state index contributed by atoms with van der Waals surface area (Å²) in [4.78, 5) is 0. The summed E-state index contributed by atoms with van der Waals surface area (Å²) >= 11 is 0. The van der Waals surface area contributed by atoms with Gasteiger partial charge in [0.2, 0.25) is 11.8 Å². The number of para-hydroxylation sites is 1. The number of aromatic nitrogens is 2. The van der Waals surface area contributed by atoms with Crippen molar-refractivity contribution in [1.29, 1.82) is 5.26 Å². The van der Waals surface area contributed by atoms with Crippen LogP contribution in [-0.2, 0) is 0 Å². The van der Waals surface area contributed by atoms with Gasteiger partial charge in [0.1, 0.15) is 23.2 Å². The summed E-state index contributed by atoms with van der Waals surface area (Å²) < 4.78 is 27.4. The SMILES string of the molecule is COc1ccc(F)c([C@H]2C(C#N)=C(N)Oc3c2c(C)nn3-c2ccccc2)c1. The summed E-state index contributed by atoms with van der Waals surface area (Å²) in [6.07, 6.45) is 0. The summed E-state index contributed by atoms with van der Waals surface area (Å²) in [5.41, 5.74) is 8.44. The minimum absolute atomic E-state index is 0.0701. The van der Waals surface area contributed by atoms with Gasteiger partial charge in [0.15, 0.2) is 0 Å². The molecule has 6 nitrogen and oxygen atoms in total. The molecule has 0 radical (unpaired) electrons. The summed E-state index contributed by atoms with van der Waals surface area (Å²) in [7, 11) is 1.50. The number of nitriles is 1. The van der Waals surface area contributed by atoms with Gasteiger partial charge >= 0.3 is 0 Å². The average Bonchev–Trinajstić information content (AvgIpc) is 3.04. The zero-order chi connectivity index (χ0) is 19.8. The van der Waals surface area contributed by atoms with E-state index in [1.807, 2.05) is 30.3 Å². The van der Waals surface area contributed by atoms with Gasteiger partial charge in [-0.3, -0.25) is 0 Å². The normalized spacial score (nSPS) is 15.6. The van der Waals surface area contributed by atoms with E-state index >= 15 is 0 Å². The molecule has 2 N–H and O–H groups in total. The first-order valence-corrected chi connectivity index (χ1v) is 8.61. The number of nitrogens with two attached hydrogens (primary N) is 1. The number of benzene rings is 2. The first-order valence-electron chi connectivity index (χ1n) is 8.61. The number of rotatable bonds is 3. The third-order valence-electron chi connectivity index (χ3n) is 4.75. The van der Waals surface area contributed by atoms with Crippen molar-refractivity contribution in [2.45, 2.75) is 12.8 Å². The molecule has 140 valence electrons. The Bertz CT molecular complexity index is 1130. The van der Waals surface area contributed by atoms with E-state index in [0.717, 1.165) is 5.69 Å². The highest BCUT2D eigenvalue weighted by Gasteiger charge is 2.37. The van der Waals surface area contributed by atoms with E-state index in [2.05, 4.69) is 11.2 Å².